The molecule has 4 heteroatoms. The first-order valence-electron chi connectivity index (χ1n) is 6.54. The van der Waals surface area contributed by atoms with Gasteiger partial charge < -0.3 is 15.1 Å². The van der Waals surface area contributed by atoms with Crippen molar-refractivity contribution in [2.45, 2.75) is 12.8 Å². The number of para-hydroxylation sites is 1. The van der Waals surface area contributed by atoms with E-state index in [1.165, 1.54) is 17.7 Å². The Bertz CT molecular complexity index is 667. The molecule has 0 saturated heterocycles. The molecule has 2 N–H and O–H groups in total. The minimum Gasteiger partial charge on any atom is -0.504 e. The second-order valence-electron chi connectivity index (χ2n) is 4.92. The third kappa shape index (κ3) is 2.20. The van der Waals surface area contributed by atoms with Gasteiger partial charge in [-0.2, -0.15) is 0 Å². The minimum absolute atomic E-state index is 0.0000368. The van der Waals surface area contributed by atoms with Crippen molar-refractivity contribution in [3.8, 4) is 11.5 Å². The highest BCUT2D eigenvalue weighted by Crippen LogP contribution is 2.29. The number of phenols is 2. The molecule has 1 heterocycles. The van der Waals surface area contributed by atoms with Crippen molar-refractivity contribution in [1.29, 1.82) is 0 Å². The molecular weight excluding hydrogens is 254 g/mol. The summed E-state index contributed by atoms with van der Waals surface area (Å²) in [6.07, 6.45) is 1.09. The van der Waals surface area contributed by atoms with Crippen LogP contribution in [0.2, 0.25) is 0 Å². The van der Waals surface area contributed by atoms with Gasteiger partial charge in [0, 0.05) is 12.2 Å². The van der Waals surface area contributed by atoms with Gasteiger partial charge in [-0.3, -0.25) is 4.79 Å². The van der Waals surface area contributed by atoms with Gasteiger partial charge in [0.2, 0.25) is 5.91 Å². The second-order valence-corrected chi connectivity index (χ2v) is 4.92. The molecule has 1 aliphatic rings. The van der Waals surface area contributed by atoms with Gasteiger partial charge in [0.1, 0.15) is 0 Å². The Kier molecular flexibility index (Phi) is 3.06. The molecule has 1 amide bonds. The van der Waals surface area contributed by atoms with Gasteiger partial charge in [-0.1, -0.05) is 24.3 Å². The Hall–Kier alpha value is -2.49. The SMILES string of the molecule is O=C(Cc1ccc(O)c(O)c1)N1CCc2ccccc21. The van der Waals surface area contributed by atoms with E-state index in [4.69, 9.17) is 0 Å². The van der Waals surface area contributed by atoms with E-state index in [0.29, 0.717) is 12.1 Å². The molecule has 102 valence electrons. The largest absolute Gasteiger partial charge is 0.504 e. The molecule has 20 heavy (non-hydrogen) atoms. The maximum Gasteiger partial charge on any atom is 0.231 e. The maximum atomic E-state index is 12.4. The van der Waals surface area contributed by atoms with Crippen LogP contribution < -0.4 is 4.90 Å². The highest BCUT2D eigenvalue weighted by Gasteiger charge is 2.24. The van der Waals surface area contributed by atoms with Crippen LogP contribution in [0.4, 0.5) is 5.69 Å². The summed E-state index contributed by atoms with van der Waals surface area (Å²) in [5.41, 5.74) is 2.85. The van der Waals surface area contributed by atoms with E-state index in [0.717, 1.165) is 12.1 Å². The number of amides is 1. The highest BCUT2D eigenvalue weighted by atomic mass is 16.3. The number of hydrogen-bond donors (Lipinski definition) is 2. The zero-order valence-corrected chi connectivity index (χ0v) is 10.9. The Morgan fingerprint density at radius 2 is 1.90 bits per heavy atom. The average molecular weight is 269 g/mol. The molecule has 1 aliphatic heterocycles. The van der Waals surface area contributed by atoms with E-state index in [2.05, 4.69) is 0 Å². The number of aromatic hydroxyl groups is 2. The third-order valence-corrected chi connectivity index (χ3v) is 3.58. The monoisotopic (exact) mass is 269 g/mol. The molecule has 0 aliphatic carbocycles. The van der Waals surface area contributed by atoms with Crippen molar-refractivity contribution in [2.75, 3.05) is 11.4 Å². The molecule has 2 aromatic carbocycles. The first kappa shape index (κ1) is 12.5. The summed E-state index contributed by atoms with van der Waals surface area (Å²) in [5, 5.41) is 18.7. The number of carbonyl (C=O) groups is 1. The first-order valence-corrected chi connectivity index (χ1v) is 6.54. The fraction of sp³-hybridized carbons (Fsp3) is 0.188. The zero-order chi connectivity index (χ0) is 14.1. The van der Waals surface area contributed by atoms with E-state index >= 15 is 0 Å². The van der Waals surface area contributed by atoms with Gasteiger partial charge in [0.25, 0.3) is 0 Å². The summed E-state index contributed by atoms with van der Waals surface area (Å²) in [6, 6.07) is 12.4. The highest BCUT2D eigenvalue weighted by molar-refractivity contribution is 5.96. The molecule has 0 spiro atoms. The van der Waals surface area contributed by atoms with E-state index in [1.807, 2.05) is 24.3 Å². The number of carbonyl (C=O) groups excluding carboxylic acids is 1. The predicted octanol–water partition coefficient (Wildman–Crippen LogP) is 2.23. The van der Waals surface area contributed by atoms with Gasteiger partial charge in [-0.25, -0.2) is 0 Å². The number of benzene rings is 2. The zero-order valence-electron chi connectivity index (χ0n) is 10.9. The fourth-order valence-electron chi connectivity index (χ4n) is 2.55. The average Bonchev–Trinajstić information content (AvgIpc) is 2.87. The molecule has 0 fully saturated rings. The van der Waals surface area contributed by atoms with Crippen LogP contribution in [-0.2, 0) is 17.6 Å². The Morgan fingerprint density at radius 1 is 1.10 bits per heavy atom. The smallest absolute Gasteiger partial charge is 0.231 e. The van der Waals surface area contributed by atoms with Crippen LogP contribution in [0, 0.1) is 0 Å². The summed E-state index contributed by atoms with van der Waals surface area (Å²) in [5.74, 6) is -0.370. The summed E-state index contributed by atoms with van der Waals surface area (Å²) >= 11 is 0. The maximum absolute atomic E-state index is 12.4. The molecule has 3 rings (SSSR count). The van der Waals surface area contributed by atoms with E-state index < -0.39 is 0 Å². The number of fused-ring (bicyclic) bond motifs is 1. The van der Waals surface area contributed by atoms with Crippen LogP contribution in [0.1, 0.15) is 11.1 Å². The van der Waals surface area contributed by atoms with Crippen LogP contribution in [-0.4, -0.2) is 22.7 Å². The summed E-state index contributed by atoms with van der Waals surface area (Å²) in [4.78, 5) is 14.1. The van der Waals surface area contributed by atoms with Crippen LogP contribution in [0.15, 0.2) is 42.5 Å². The van der Waals surface area contributed by atoms with Crippen molar-refractivity contribution >= 4 is 11.6 Å². The van der Waals surface area contributed by atoms with E-state index in [-0.39, 0.29) is 23.8 Å². The number of phenolic OH excluding ortho intramolecular Hbond substituents is 2. The fourth-order valence-corrected chi connectivity index (χ4v) is 2.55. The van der Waals surface area contributed by atoms with Gasteiger partial charge in [-0.15, -0.1) is 0 Å². The molecule has 0 aromatic heterocycles. The molecule has 0 saturated carbocycles. The summed E-state index contributed by atoms with van der Waals surface area (Å²) < 4.78 is 0. The van der Waals surface area contributed by atoms with Crippen LogP contribution in [0.25, 0.3) is 0 Å². The van der Waals surface area contributed by atoms with Crippen molar-refractivity contribution in [3.05, 3.63) is 53.6 Å². The van der Waals surface area contributed by atoms with Crippen molar-refractivity contribution in [2.24, 2.45) is 0 Å². The molecule has 4 nitrogen and oxygen atoms in total. The van der Waals surface area contributed by atoms with Gasteiger partial charge in [0.05, 0.1) is 6.42 Å². The quantitative estimate of drug-likeness (QED) is 0.822. The first-order chi connectivity index (χ1) is 9.65. The number of nitrogens with zero attached hydrogens (tertiary/aromatic N) is 1. The normalized spacial score (nSPS) is 13.3. The minimum atomic E-state index is -0.197. The van der Waals surface area contributed by atoms with Gasteiger partial charge >= 0.3 is 0 Å². The lowest BCUT2D eigenvalue weighted by atomic mass is 10.1. The van der Waals surface area contributed by atoms with Gasteiger partial charge in [-0.05, 0) is 35.7 Å². The predicted molar refractivity (Wildman–Crippen MR) is 76.0 cm³/mol. The molecule has 2 aromatic rings. The van der Waals surface area contributed by atoms with Crippen molar-refractivity contribution in [3.63, 3.8) is 0 Å². The van der Waals surface area contributed by atoms with E-state index in [9.17, 15) is 15.0 Å². The van der Waals surface area contributed by atoms with Gasteiger partial charge in [0.15, 0.2) is 11.5 Å². The molecular formula is C16H15NO3. The molecule has 0 radical (unpaired) electrons. The number of rotatable bonds is 2. The van der Waals surface area contributed by atoms with Crippen LogP contribution >= 0.6 is 0 Å². The Labute approximate surface area is 116 Å². The third-order valence-electron chi connectivity index (χ3n) is 3.58. The number of hydrogen-bond acceptors (Lipinski definition) is 3. The molecule has 0 atom stereocenters. The second kappa shape index (κ2) is 4.89. The molecule has 0 unspecified atom stereocenters. The lowest BCUT2D eigenvalue weighted by molar-refractivity contribution is -0.117. The lowest BCUT2D eigenvalue weighted by Gasteiger charge is -2.17. The lowest BCUT2D eigenvalue weighted by Crippen LogP contribution is -2.30. The number of anilines is 1. The summed E-state index contributed by atoms with van der Waals surface area (Å²) in [7, 11) is 0. The Balaban J connectivity index is 1.79. The van der Waals surface area contributed by atoms with Crippen LogP contribution in [0.3, 0.4) is 0 Å². The van der Waals surface area contributed by atoms with Crippen molar-refractivity contribution < 1.29 is 15.0 Å². The van der Waals surface area contributed by atoms with Crippen molar-refractivity contribution in [1.82, 2.24) is 0 Å². The summed E-state index contributed by atoms with van der Waals surface area (Å²) in [6.45, 7) is 0.697. The Morgan fingerprint density at radius 3 is 2.70 bits per heavy atom. The van der Waals surface area contributed by atoms with E-state index in [1.54, 1.807) is 11.0 Å². The standard InChI is InChI=1S/C16H15NO3/c18-14-6-5-11(9-15(14)19)10-16(20)17-8-7-12-3-1-2-4-13(12)17/h1-6,9,18-19H,7-8,10H2. The van der Waals surface area contributed by atoms with Crippen LogP contribution in [0.5, 0.6) is 11.5 Å². The topological polar surface area (TPSA) is 60.8 Å². The molecule has 0 bridgehead atoms.